The Labute approximate surface area is 182 Å². The van der Waals surface area contributed by atoms with Crippen molar-refractivity contribution in [2.45, 2.75) is 25.8 Å². The predicted molar refractivity (Wildman–Crippen MR) is 122 cm³/mol. The fraction of sp³-hybridized carbons (Fsp3) is 0.238. The van der Waals surface area contributed by atoms with Crippen molar-refractivity contribution in [2.24, 2.45) is 0 Å². The van der Waals surface area contributed by atoms with Gasteiger partial charge in [0, 0.05) is 50.6 Å². The van der Waals surface area contributed by atoms with Crippen LogP contribution in [0.4, 0.5) is 5.82 Å². The maximum Gasteiger partial charge on any atom is 0.248 e. The molecule has 0 unspecified atom stereocenters. The van der Waals surface area contributed by atoms with E-state index in [2.05, 4.69) is 69.2 Å². The third kappa shape index (κ3) is 4.11. The molecular weight excluding hydrogens is 517 g/mol. The first-order valence-corrected chi connectivity index (χ1v) is 10.4. The Morgan fingerprint density at radius 3 is 2.63 bits per heavy atom. The molecule has 0 spiro atoms. The quantitative estimate of drug-likeness (QED) is 0.528. The summed E-state index contributed by atoms with van der Waals surface area (Å²) in [5.41, 5.74) is 3.39. The van der Waals surface area contributed by atoms with Gasteiger partial charge in [0.15, 0.2) is 0 Å². The van der Waals surface area contributed by atoms with Crippen LogP contribution in [-0.2, 0) is 4.79 Å². The van der Waals surface area contributed by atoms with Crippen LogP contribution in [0.2, 0.25) is 0 Å². The summed E-state index contributed by atoms with van der Waals surface area (Å²) in [6, 6.07) is 10.0. The van der Waals surface area contributed by atoms with Crippen LogP contribution in [0, 0.1) is 3.57 Å². The lowest BCUT2D eigenvalue weighted by Gasteiger charge is -2.39. The van der Waals surface area contributed by atoms with Crippen LogP contribution < -0.4 is 5.32 Å². The minimum absolute atomic E-state index is 0.0123. The second kappa shape index (κ2) is 7.75. The summed E-state index contributed by atoms with van der Waals surface area (Å²) in [7, 11) is 1.83. The number of likely N-dealkylation sites (N-methyl/N-ethyl adjacent to an activating group) is 1. The molecule has 4 nitrogen and oxygen atoms in total. The second-order valence-electron chi connectivity index (χ2n) is 7.17. The maximum atomic E-state index is 12.3. The summed E-state index contributed by atoms with van der Waals surface area (Å²) in [5.74, 6) is 0.678. The van der Waals surface area contributed by atoms with Crippen molar-refractivity contribution in [3.05, 3.63) is 74.1 Å². The zero-order chi connectivity index (χ0) is 19.8. The van der Waals surface area contributed by atoms with Crippen molar-refractivity contribution in [1.29, 1.82) is 0 Å². The van der Waals surface area contributed by atoms with Gasteiger partial charge in [-0.2, -0.15) is 0 Å². The van der Waals surface area contributed by atoms with E-state index in [1.165, 1.54) is 0 Å². The van der Waals surface area contributed by atoms with Crippen molar-refractivity contribution < 1.29 is 4.79 Å². The van der Waals surface area contributed by atoms with E-state index in [-0.39, 0.29) is 11.4 Å². The molecule has 3 rings (SSSR count). The SMILES string of the molecule is C=C(c1ccccc1)c1c(NC2=CC(=O)N(C)C(C)(C)C2)ncc(I)c1Br. The molecule has 140 valence electrons. The standard InChI is InChI=1S/C21H21BrIN3O/c1-13(14-8-6-5-7-9-14)18-19(22)16(23)12-24-20(18)25-15-10-17(27)26(4)21(2,3)11-15/h5-10,12H,1,11H2,2-4H3,(H,24,25). The average Bonchev–Trinajstić information content (AvgIpc) is 2.63. The molecule has 1 aliphatic heterocycles. The Kier molecular flexibility index (Phi) is 5.76. The van der Waals surface area contributed by atoms with Gasteiger partial charge in [-0.1, -0.05) is 36.9 Å². The highest BCUT2D eigenvalue weighted by Crippen LogP contribution is 2.37. The summed E-state index contributed by atoms with van der Waals surface area (Å²) < 4.78 is 1.94. The van der Waals surface area contributed by atoms with Gasteiger partial charge < -0.3 is 10.2 Å². The topological polar surface area (TPSA) is 45.2 Å². The molecule has 1 N–H and O–H groups in total. The lowest BCUT2D eigenvalue weighted by atomic mass is 9.92. The number of nitrogens with one attached hydrogen (secondary N) is 1. The van der Waals surface area contributed by atoms with E-state index >= 15 is 0 Å². The second-order valence-corrected chi connectivity index (χ2v) is 9.12. The molecule has 1 aromatic heterocycles. The number of anilines is 1. The number of pyridine rings is 1. The zero-order valence-electron chi connectivity index (χ0n) is 15.5. The van der Waals surface area contributed by atoms with Gasteiger partial charge in [-0.3, -0.25) is 4.79 Å². The summed E-state index contributed by atoms with van der Waals surface area (Å²) in [5, 5.41) is 3.38. The first-order valence-electron chi connectivity index (χ1n) is 8.55. The number of amides is 1. The Balaban J connectivity index is 2.02. The van der Waals surface area contributed by atoms with Gasteiger partial charge in [-0.05, 0) is 63.5 Å². The van der Waals surface area contributed by atoms with Gasteiger partial charge in [0.05, 0.1) is 0 Å². The minimum atomic E-state index is -0.259. The molecule has 6 heteroatoms. The van der Waals surface area contributed by atoms with E-state index in [9.17, 15) is 4.79 Å². The van der Waals surface area contributed by atoms with Crippen LogP contribution in [0.1, 0.15) is 31.4 Å². The molecule has 0 saturated carbocycles. The van der Waals surface area contributed by atoms with Gasteiger partial charge in [-0.25, -0.2) is 4.98 Å². The Morgan fingerprint density at radius 1 is 1.33 bits per heavy atom. The third-order valence-electron chi connectivity index (χ3n) is 4.84. The van der Waals surface area contributed by atoms with Crippen LogP contribution in [0.3, 0.4) is 0 Å². The Hall–Kier alpha value is -1.67. The van der Waals surface area contributed by atoms with Gasteiger partial charge in [0.1, 0.15) is 5.82 Å². The largest absolute Gasteiger partial charge is 0.343 e. The van der Waals surface area contributed by atoms with Crippen LogP contribution >= 0.6 is 38.5 Å². The molecule has 0 aliphatic carbocycles. The summed E-state index contributed by atoms with van der Waals surface area (Å²) in [6.45, 7) is 8.41. The summed E-state index contributed by atoms with van der Waals surface area (Å²) in [6.07, 6.45) is 4.17. The minimum Gasteiger partial charge on any atom is -0.343 e. The number of hydrogen-bond acceptors (Lipinski definition) is 3. The van der Waals surface area contributed by atoms with Crippen molar-refractivity contribution in [2.75, 3.05) is 12.4 Å². The van der Waals surface area contributed by atoms with E-state index in [0.717, 1.165) is 36.9 Å². The normalized spacial score (nSPS) is 16.1. The number of carbonyl (C=O) groups excluding carboxylic acids is 1. The molecule has 0 fully saturated rings. The molecule has 0 bridgehead atoms. The van der Waals surface area contributed by atoms with Crippen molar-refractivity contribution in [3.8, 4) is 0 Å². The van der Waals surface area contributed by atoms with Crippen molar-refractivity contribution in [1.82, 2.24) is 9.88 Å². The fourth-order valence-corrected chi connectivity index (χ4v) is 3.97. The number of benzene rings is 1. The molecule has 1 aromatic carbocycles. The summed E-state index contributed by atoms with van der Waals surface area (Å²) >= 11 is 5.94. The van der Waals surface area contributed by atoms with E-state index < -0.39 is 0 Å². The highest BCUT2D eigenvalue weighted by molar-refractivity contribution is 14.1. The molecule has 1 aliphatic rings. The lowest BCUT2D eigenvalue weighted by molar-refractivity contribution is -0.130. The summed E-state index contributed by atoms with van der Waals surface area (Å²) in [4.78, 5) is 18.7. The number of nitrogens with zero attached hydrogens (tertiary/aromatic N) is 2. The first-order chi connectivity index (χ1) is 12.7. The van der Waals surface area contributed by atoms with Gasteiger partial charge in [-0.15, -0.1) is 0 Å². The van der Waals surface area contributed by atoms with Crippen molar-refractivity contribution >= 4 is 55.8 Å². The smallest absolute Gasteiger partial charge is 0.248 e. The lowest BCUT2D eigenvalue weighted by Crippen LogP contribution is -2.48. The number of carbonyl (C=O) groups is 1. The van der Waals surface area contributed by atoms with Gasteiger partial charge in [0.25, 0.3) is 0 Å². The highest BCUT2D eigenvalue weighted by Gasteiger charge is 2.32. The zero-order valence-corrected chi connectivity index (χ0v) is 19.3. The molecular formula is C21H21BrIN3O. The number of rotatable bonds is 4. The average molecular weight is 538 g/mol. The van der Waals surface area contributed by atoms with E-state index in [0.29, 0.717) is 5.82 Å². The molecule has 27 heavy (non-hydrogen) atoms. The highest BCUT2D eigenvalue weighted by atomic mass is 127. The number of halogens is 2. The maximum absolute atomic E-state index is 12.3. The Morgan fingerprint density at radius 2 is 2.00 bits per heavy atom. The van der Waals surface area contributed by atoms with Crippen LogP contribution in [-0.4, -0.2) is 28.4 Å². The third-order valence-corrected chi connectivity index (χ3v) is 7.22. The van der Waals surface area contributed by atoms with Gasteiger partial charge in [0.2, 0.25) is 5.91 Å². The predicted octanol–water partition coefficient (Wildman–Crippen LogP) is 5.45. The van der Waals surface area contributed by atoms with E-state index in [1.807, 2.05) is 37.4 Å². The molecule has 2 aromatic rings. The molecule has 0 radical (unpaired) electrons. The Bertz CT molecular complexity index is 938. The molecule has 2 heterocycles. The molecule has 0 saturated heterocycles. The fourth-order valence-electron chi connectivity index (χ4n) is 3.03. The van der Waals surface area contributed by atoms with Crippen LogP contribution in [0.15, 0.2) is 59.4 Å². The van der Waals surface area contributed by atoms with E-state index in [1.54, 1.807) is 17.2 Å². The molecule has 1 amide bonds. The van der Waals surface area contributed by atoms with Crippen LogP contribution in [0.25, 0.3) is 5.57 Å². The van der Waals surface area contributed by atoms with Crippen LogP contribution in [0.5, 0.6) is 0 Å². The number of aromatic nitrogens is 1. The van der Waals surface area contributed by atoms with Crippen molar-refractivity contribution in [3.63, 3.8) is 0 Å². The van der Waals surface area contributed by atoms with Gasteiger partial charge >= 0.3 is 0 Å². The number of hydrogen-bond donors (Lipinski definition) is 1. The molecule has 0 atom stereocenters. The first kappa shape index (κ1) is 20.1. The monoisotopic (exact) mass is 537 g/mol. The van der Waals surface area contributed by atoms with E-state index in [4.69, 9.17) is 0 Å².